The van der Waals surface area contributed by atoms with E-state index in [0.717, 1.165) is 22.3 Å². The van der Waals surface area contributed by atoms with Gasteiger partial charge in [0.25, 0.3) is 5.56 Å². The van der Waals surface area contributed by atoms with E-state index in [9.17, 15) is 19.5 Å². The molecule has 1 amide bonds. The maximum atomic E-state index is 13.0. The zero-order chi connectivity index (χ0) is 36.5. The molecule has 0 aliphatic carbocycles. The quantitative estimate of drug-likeness (QED) is 0.131. The summed E-state index contributed by atoms with van der Waals surface area (Å²) in [7, 11) is 3.21. The van der Waals surface area contributed by atoms with E-state index >= 15 is 0 Å². The summed E-state index contributed by atoms with van der Waals surface area (Å²) in [6.45, 7) is -0.0497. The van der Waals surface area contributed by atoms with Crippen molar-refractivity contribution in [3.8, 4) is 23.3 Å². The van der Waals surface area contributed by atoms with Crippen LogP contribution in [0.3, 0.4) is 0 Å². The van der Waals surface area contributed by atoms with Gasteiger partial charge in [0.05, 0.1) is 39.9 Å². The van der Waals surface area contributed by atoms with E-state index in [2.05, 4.69) is 22.1 Å². The highest BCUT2D eigenvalue weighted by Gasteiger charge is 2.42. The van der Waals surface area contributed by atoms with Crippen LogP contribution >= 0.6 is 0 Å². The number of H-pyrrole nitrogens is 1. The van der Waals surface area contributed by atoms with Gasteiger partial charge in [0, 0.05) is 12.6 Å². The Balaban J connectivity index is 1.23. The standard InChI is InChI=1S/C41H39N3O8/c1-49-33-19-15-31(16-20-33)41(30-13-7-4-8-14-30,32-17-21-34(50-2)22-18-32)51-27-36-35(45)25-38(52-36)44-26-29(39(47)43-40(44)48)12-9-23-42-37(46)24-28-10-5-3-6-11-28/h3-8,10-11,13-22,26,35-36,38,45H,23-25,27H2,1-2H3,(H,42,46)(H,43,47,48)/t35?,36-,38-/m1/s1. The lowest BCUT2D eigenvalue weighted by atomic mass is 9.80. The Morgan fingerprint density at radius 1 is 0.885 bits per heavy atom. The van der Waals surface area contributed by atoms with Gasteiger partial charge in [-0.25, -0.2) is 4.79 Å². The van der Waals surface area contributed by atoms with Crippen molar-refractivity contribution in [2.45, 2.75) is 36.9 Å². The van der Waals surface area contributed by atoms with Crippen LogP contribution in [0, 0.1) is 11.8 Å². The fraction of sp³-hybridized carbons (Fsp3) is 0.244. The highest BCUT2D eigenvalue weighted by Crippen LogP contribution is 2.42. The SMILES string of the molecule is COc1ccc(C(OC[C@H]2O[C@@H](n3cc(C#CCNC(=O)Cc4ccccc4)c(=O)[nH]c3=O)CC2O)(c2ccccc2)c2ccc(OC)cc2)cc1. The highest BCUT2D eigenvalue weighted by molar-refractivity contribution is 5.78. The number of nitrogens with one attached hydrogen (secondary N) is 2. The van der Waals surface area contributed by atoms with Gasteiger partial charge in [-0.1, -0.05) is 96.8 Å². The second kappa shape index (κ2) is 16.4. The molecule has 52 heavy (non-hydrogen) atoms. The van der Waals surface area contributed by atoms with Crippen molar-refractivity contribution in [2.75, 3.05) is 27.4 Å². The summed E-state index contributed by atoms with van der Waals surface area (Å²) in [6.07, 6.45) is -1.18. The normalized spacial score (nSPS) is 16.8. The lowest BCUT2D eigenvalue weighted by Crippen LogP contribution is -2.38. The van der Waals surface area contributed by atoms with Crippen molar-refractivity contribution in [3.05, 3.63) is 164 Å². The molecule has 4 aromatic carbocycles. The average molecular weight is 702 g/mol. The molecule has 266 valence electrons. The van der Waals surface area contributed by atoms with Gasteiger partial charge in [0.15, 0.2) is 0 Å². The van der Waals surface area contributed by atoms with E-state index < -0.39 is 35.3 Å². The topological polar surface area (TPSA) is 141 Å². The minimum atomic E-state index is -1.14. The molecule has 5 aromatic rings. The second-order valence-corrected chi connectivity index (χ2v) is 12.2. The first-order chi connectivity index (χ1) is 25.3. The van der Waals surface area contributed by atoms with Gasteiger partial charge in [0.1, 0.15) is 35.0 Å². The first-order valence-electron chi connectivity index (χ1n) is 16.8. The molecule has 3 N–H and O–H groups in total. The van der Waals surface area contributed by atoms with Gasteiger partial charge in [-0.05, 0) is 46.5 Å². The predicted molar refractivity (Wildman–Crippen MR) is 194 cm³/mol. The number of carbonyl (C=O) groups is 1. The van der Waals surface area contributed by atoms with Crippen molar-refractivity contribution in [2.24, 2.45) is 0 Å². The number of benzene rings is 4. The van der Waals surface area contributed by atoms with Gasteiger partial charge < -0.3 is 29.4 Å². The minimum Gasteiger partial charge on any atom is -0.497 e. The Kier molecular flexibility index (Phi) is 11.3. The zero-order valence-corrected chi connectivity index (χ0v) is 28.8. The van der Waals surface area contributed by atoms with Gasteiger partial charge >= 0.3 is 5.69 Å². The van der Waals surface area contributed by atoms with Crippen LogP contribution in [0.5, 0.6) is 11.5 Å². The summed E-state index contributed by atoms with van der Waals surface area (Å²) in [5.41, 5.74) is 0.813. The third kappa shape index (κ3) is 8.00. The van der Waals surface area contributed by atoms with E-state index in [1.54, 1.807) is 14.2 Å². The predicted octanol–water partition coefficient (Wildman–Crippen LogP) is 3.92. The number of amides is 1. The molecule has 11 heteroatoms. The molecule has 1 saturated heterocycles. The second-order valence-electron chi connectivity index (χ2n) is 12.2. The summed E-state index contributed by atoms with van der Waals surface area (Å²) in [5, 5.41) is 13.9. The number of nitrogens with zero attached hydrogens (tertiary/aromatic N) is 1. The summed E-state index contributed by atoms with van der Waals surface area (Å²) in [4.78, 5) is 40.1. The van der Waals surface area contributed by atoms with Crippen LogP contribution in [0.25, 0.3) is 0 Å². The number of aromatic nitrogens is 2. The molecule has 1 aliphatic rings. The molecule has 0 radical (unpaired) electrons. The minimum absolute atomic E-state index is 0.00778. The van der Waals surface area contributed by atoms with Crippen LogP contribution in [-0.2, 0) is 26.3 Å². The maximum absolute atomic E-state index is 13.0. The number of methoxy groups -OCH3 is 2. The van der Waals surface area contributed by atoms with E-state index in [-0.39, 0.29) is 37.5 Å². The number of aromatic amines is 1. The molecular weight excluding hydrogens is 662 g/mol. The van der Waals surface area contributed by atoms with Crippen molar-refractivity contribution in [1.82, 2.24) is 14.9 Å². The summed E-state index contributed by atoms with van der Waals surface area (Å²) >= 11 is 0. The number of hydrogen-bond donors (Lipinski definition) is 3. The van der Waals surface area contributed by atoms with Gasteiger partial charge in [-0.3, -0.25) is 19.1 Å². The Bertz CT molecular complexity index is 2090. The first kappa shape index (κ1) is 35.9. The van der Waals surface area contributed by atoms with Gasteiger partial charge in [-0.2, -0.15) is 0 Å². The Morgan fingerprint density at radius 3 is 2.06 bits per heavy atom. The zero-order valence-electron chi connectivity index (χ0n) is 28.8. The van der Waals surface area contributed by atoms with E-state index in [1.165, 1.54) is 10.8 Å². The van der Waals surface area contributed by atoms with E-state index in [1.807, 2.05) is 109 Å². The fourth-order valence-corrected chi connectivity index (χ4v) is 6.23. The van der Waals surface area contributed by atoms with E-state index in [0.29, 0.717) is 11.5 Å². The summed E-state index contributed by atoms with van der Waals surface area (Å²) < 4.78 is 25.2. The van der Waals surface area contributed by atoms with E-state index in [4.69, 9.17) is 18.9 Å². The molecule has 1 fully saturated rings. The number of rotatable bonds is 12. The summed E-state index contributed by atoms with van der Waals surface area (Å²) in [5.74, 6) is 6.65. The third-order valence-corrected chi connectivity index (χ3v) is 8.92. The monoisotopic (exact) mass is 701 g/mol. The molecule has 6 rings (SSSR count). The Labute approximate surface area is 300 Å². The molecule has 0 saturated carbocycles. The van der Waals surface area contributed by atoms with Crippen LogP contribution in [0.4, 0.5) is 0 Å². The van der Waals surface area contributed by atoms with Crippen molar-refractivity contribution in [1.29, 1.82) is 0 Å². The molecule has 2 heterocycles. The molecule has 3 atom stereocenters. The number of hydrogen-bond acceptors (Lipinski definition) is 8. The lowest BCUT2D eigenvalue weighted by Gasteiger charge is -2.37. The molecular formula is C41H39N3O8. The average Bonchev–Trinajstić information content (AvgIpc) is 3.55. The maximum Gasteiger partial charge on any atom is 0.330 e. The lowest BCUT2D eigenvalue weighted by molar-refractivity contribution is -0.120. The largest absolute Gasteiger partial charge is 0.497 e. The molecule has 0 bridgehead atoms. The van der Waals surface area contributed by atoms with Gasteiger partial charge in [0.2, 0.25) is 5.91 Å². The molecule has 1 aromatic heterocycles. The molecule has 0 spiro atoms. The molecule has 1 aliphatic heterocycles. The van der Waals surface area contributed by atoms with Crippen LogP contribution < -0.4 is 26.0 Å². The van der Waals surface area contributed by atoms with Gasteiger partial charge in [-0.15, -0.1) is 0 Å². The smallest absolute Gasteiger partial charge is 0.330 e. The van der Waals surface area contributed by atoms with Crippen LogP contribution in [-0.4, -0.2) is 60.1 Å². The third-order valence-electron chi connectivity index (χ3n) is 8.92. The van der Waals surface area contributed by atoms with Crippen LogP contribution in [0.1, 0.15) is 40.5 Å². The molecule has 1 unspecified atom stereocenters. The molecule has 11 nitrogen and oxygen atoms in total. The van der Waals surface area contributed by atoms with Crippen molar-refractivity contribution < 1.29 is 28.8 Å². The number of aliphatic hydroxyl groups is 1. The number of aliphatic hydroxyl groups excluding tert-OH is 1. The Hall–Kier alpha value is -5.93. The fourth-order valence-electron chi connectivity index (χ4n) is 6.23. The highest BCUT2D eigenvalue weighted by atomic mass is 16.6. The van der Waals surface area contributed by atoms with Crippen LogP contribution in [0.2, 0.25) is 0 Å². The van der Waals surface area contributed by atoms with Crippen LogP contribution in [0.15, 0.2) is 125 Å². The van der Waals surface area contributed by atoms with Crippen molar-refractivity contribution >= 4 is 5.91 Å². The number of carbonyl (C=O) groups excluding carboxylic acids is 1. The Morgan fingerprint density at radius 2 is 1.46 bits per heavy atom. The number of ether oxygens (including phenoxy) is 4. The van der Waals surface area contributed by atoms with Crippen molar-refractivity contribution in [3.63, 3.8) is 0 Å². The summed E-state index contributed by atoms with van der Waals surface area (Å²) in [6, 6.07) is 34.2. The first-order valence-corrected chi connectivity index (χ1v) is 16.8.